The Labute approximate surface area is 194 Å². The van der Waals surface area contributed by atoms with Gasteiger partial charge < -0.3 is 24.6 Å². The summed E-state index contributed by atoms with van der Waals surface area (Å²) < 4.78 is 11.5. The predicted molar refractivity (Wildman–Crippen MR) is 126 cm³/mol. The van der Waals surface area contributed by atoms with Crippen molar-refractivity contribution in [3.8, 4) is 11.5 Å². The second-order valence-electron chi connectivity index (χ2n) is 8.44. The first-order valence-corrected chi connectivity index (χ1v) is 11.9. The minimum absolute atomic E-state index is 0.00389. The number of methoxy groups -OCH3 is 1. The van der Waals surface area contributed by atoms with Crippen molar-refractivity contribution in [1.29, 1.82) is 0 Å². The highest BCUT2D eigenvalue weighted by molar-refractivity contribution is 7.10. The first-order chi connectivity index (χ1) is 15.3. The first kappa shape index (κ1) is 23.9. The summed E-state index contributed by atoms with van der Waals surface area (Å²) in [5.41, 5.74) is 1.12. The molecule has 1 atom stereocenters. The van der Waals surface area contributed by atoms with Crippen LogP contribution in [0.1, 0.15) is 44.2 Å². The van der Waals surface area contributed by atoms with Crippen molar-refractivity contribution < 1.29 is 19.1 Å². The summed E-state index contributed by atoms with van der Waals surface area (Å²) in [5.74, 6) is 1.22. The molecule has 1 aliphatic heterocycles. The Morgan fingerprint density at radius 1 is 1.19 bits per heavy atom. The molecule has 0 saturated heterocycles. The Bertz CT molecular complexity index is 927. The van der Waals surface area contributed by atoms with E-state index in [0.717, 1.165) is 12.0 Å². The quantitative estimate of drug-likeness (QED) is 0.646. The number of benzene rings is 1. The van der Waals surface area contributed by atoms with Crippen LogP contribution in [0.5, 0.6) is 11.5 Å². The van der Waals surface area contributed by atoms with Crippen LogP contribution in [0, 0.1) is 0 Å². The molecule has 1 aliphatic rings. The van der Waals surface area contributed by atoms with E-state index in [1.54, 1.807) is 23.3 Å². The Balaban J connectivity index is 1.78. The zero-order valence-electron chi connectivity index (χ0n) is 19.5. The molecule has 0 radical (unpaired) electrons. The van der Waals surface area contributed by atoms with Crippen LogP contribution >= 0.6 is 11.3 Å². The fourth-order valence-corrected chi connectivity index (χ4v) is 4.76. The van der Waals surface area contributed by atoms with Gasteiger partial charge in [0.2, 0.25) is 5.91 Å². The minimum atomic E-state index is -0.224. The van der Waals surface area contributed by atoms with E-state index in [9.17, 15) is 9.59 Å². The van der Waals surface area contributed by atoms with E-state index < -0.39 is 0 Å². The van der Waals surface area contributed by atoms with Gasteiger partial charge in [0.25, 0.3) is 0 Å². The molecule has 0 spiro atoms. The molecule has 7 nitrogen and oxygen atoms in total. The molecule has 2 heterocycles. The molecule has 1 unspecified atom stereocenters. The maximum absolute atomic E-state index is 13.4. The molecule has 1 aromatic heterocycles. The monoisotopic (exact) mass is 459 g/mol. The van der Waals surface area contributed by atoms with E-state index >= 15 is 0 Å². The number of hydrogen-bond acceptors (Lipinski definition) is 5. The number of nitrogens with one attached hydrogen (secondary N) is 1. The lowest BCUT2D eigenvalue weighted by Gasteiger charge is -2.37. The predicted octanol–water partition coefficient (Wildman–Crippen LogP) is 4.09. The highest BCUT2D eigenvalue weighted by Crippen LogP contribution is 2.35. The normalized spacial score (nSPS) is 15.5. The van der Waals surface area contributed by atoms with Crippen molar-refractivity contribution >= 4 is 23.3 Å². The summed E-state index contributed by atoms with van der Waals surface area (Å²) >= 11 is 1.71. The highest BCUT2D eigenvalue weighted by Gasteiger charge is 2.34. The number of amides is 3. The molecular weight excluding hydrogens is 426 g/mol. The maximum atomic E-state index is 13.4. The Hall–Kier alpha value is -2.74. The van der Waals surface area contributed by atoms with Crippen LogP contribution in [-0.2, 0) is 11.2 Å². The van der Waals surface area contributed by atoms with E-state index in [1.165, 1.54) is 4.88 Å². The van der Waals surface area contributed by atoms with E-state index in [0.29, 0.717) is 24.7 Å². The van der Waals surface area contributed by atoms with Gasteiger partial charge in [0, 0.05) is 23.5 Å². The third-order valence-electron chi connectivity index (χ3n) is 5.48. The molecule has 0 fully saturated rings. The SMILES string of the molecule is COc1ccccc1OCC1c2ccsc2CCN1C(=O)CN(C(=O)NC(C)C)C(C)C. The van der Waals surface area contributed by atoms with Gasteiger partial charge >= 0.3 is 6.03 Å². The second-order valence-corrected chi connectivity index (χ2v) is 9.44. The van der Waals surface area contributed by atoms with Crippen molar-refractivity contribution in [3.63, 3.8) is 0 Å². The number of fused-ring (bicyclic) bond motifs is 1. The fourth-order valence-electron chi connectivity index (χ4n) is 3.84. The Kier molecular flexibility index (Phi) is 8.01. The van der Waals surface area contributed by atoms with E-state index in [-0.39, 0.29) is 36.6 Å². The molecule has 0 bridgehead atoms. The fraction of sp³-hybridized carbons (Fsp3) is 0.500. The molecule has 8 heteroatoms. The number of para-hydroxylation sites is 2. The van der Waals surface area contributed by atoms with Gasteiger partial charge in [0.05, 0.1) is 13.2 Å². The molecule has 0 saturated carbocycles. The van der Waals surface area contributed by atoms with Gasteiger partial charge in [0.1, 0.15) is 13.2 Å². The van der Waals surface area contributed by atoms with Crippen molar-refractivity contribution in [1.82, 2.24) is 15.1 Å². The van der Waals surface area contributed by atoms with Gasteiger partial charge in [-0.2, -0.15) is 0 Å². The third kappa shape index (κ3) is 5.54. The van der Waals surface area contributed by atoms with Crippen molar-refractivity contribution in [2.45, 2.75) is 52.2 Å². The summed E-state index contributed by atoms with van der Waals surface area (Å²) in [4.78, 5) is 30.8. The summed E-state index contributed by atoms with van der Waals surface area (Å²) in [6, 6.07) is 9.03. The highest BCUT2D eigenvalue weighted by atomic mass is 32.1. The average Bonchev–Trinajstić information content (AvgIpc) is 3.24. The summed E-state index contributed by atoms with van der Waals surface area (Å²) in [7, 11) is 1.61. The summed E-state index contributed by atoms with van der Waals surface area (Å²) in [6.07, 6.45) is 0.809. The van der Waals surface area contributed by atoms with E-state index in [1.807, 2.05) is 56.9 Å². The van der Waals surface area contributed by atoms with Crippen LogP contribution < -0.4 is 14.8 Å². The van der Waals surface area contributed by atoms with Crippen molar-refractivity contribution in [2.24, 2.45) is 0 Å². The van der Waals surface area contributed by atoms with Crippen LogP contribution in [0.15, 0.2) is 35.7 Å². The lowest BCUT2D eigenvalue weighted by atomic mass is 10.0. The molecule has 0 aliphatic carbocycles. The number of ether oxygens (including phenoxy) is 2. The number of urea groups is 1. The second kappa shape index (κ2) is 10.7. The smallest absolute Gasteiger partial charge is 0.318 e. The molecule has 2 aromatic rings. The Morgan fingerprint density at radius 2 is 1.91 bits per heavy atom. The number of thiophene rings is 1. The van der Waals surface area contributed by atoms with E-state index in [4.69, 9.17) is 9.47 Å². The van der Waals surface area contributed by atoms with Gasteiger partial charge in [-0.25, -0.2) is 4.79 Å². The first-order valence-electron chi connectivity index (χ1n) is 11.0. The lowest BCUT2D eigenvalue weighted by Crippen LogP contribution is -2.52. The molecule has 1 N–H and O–H groups in total. The maximum Gasteiger partial charge on any atom is 0.318 e. The molecule has 3 rings (SSSR count). The summed E-state index contributed by atoms with van der Waals surface area (Å²) in [6.45, 7) is 8.60. The van der Waals surface area contributed by atoms with Gasteiger partial charge in [-0.3, -0.25) is 4.79 Å². The van der Waals surface area contributed by atoms with Gasteiger partial charge in [-0.15, -0.1) is 11.3 Å². The average molecular weight is 460 g/mol. The topological polar surface area (TPSA) is 71.1 Å². The Morgan fingerprint density at radius 3 is 2.56 bits per heavy atom. The molecule has 32 heavy (non-hydrogen) atoms. The van der Waals surface area contributed by atoms with Crippen molar-refractivity contribution in [3.05, 3.63) is 46.2 Å². The molecule has 3 amide bonds. The molecule has 174 valence electrons. The number of carbonyl (C=O) groups excluding carboxylic acids is 2. The van der Waals surface area contributed by atoms with Crippen LogP contribution in [0.4, 0.5) is 4.79 Å². The van der Waals surface area contributed by atoms with Crippen molar-refractivity contribution in [2.75, 3.05) is 26.8 Å². The minimum Gasteiger partial charge on any atom is -0.493 e. The molecular formula is C24H33N3O4S. The number of nitrogens with zero attached hydrogens (tertiary/aromatic N) is 2. The van der Waals surface area contributed by atoms with Gasteiger partial charge in [-0.05, 0) is 63.3 Å². The van der Waals surface area contributed by atoms with Crippen LogP contribution in [-0.4, -0.2) is 60.6 Å². The number of hydrogen-bond donors (Lipinski definition) is 1. The zero-order valence-corrected chi connectivity index (χ0v) is 20.3. The summed E-state index contributed by atoms with van der Waals surface area (Å²) in [5, 5.41) is 4.95. The van der Waals surface area contributed by atoms with Gasteiger partial charge in [0.15, 0.2) is 11.5 Å². The number of rotatable bonds is 8. The third-order valence-corrected chi connectivity index (χ3v) is 6.48. The number of carbonyl (C=O) groups is 2. The van der Waals surface area contributed by atoms with Crippen LogP contribution in [0.3, 0.4) is 0 Å². The lowest BCUT2D eigenvalue weighted by molar-refractivity contribution is -0.135. The van der Waals surface area contributed by atoms with Crippen LogP contribution in [0.25, 0.3) is 0 Å². The zero-order chi connectivity index (χ0) is 23.3. The van der Waals surface area contributed by atoms with Crippen LogP contribution in [0.2, 0.25) is 0 Å². The molecule has 1 aromatic carbocycles. The standard InChI is InChI=1S/C24H33N3O4S/c1-16(2)25-24(29)27(17(3)4)14-23(28)26-12-10-22-18(11-13-32-22)19(26)15-31-21-9-7-6-8-20(21)30-5/h6-9,11,13,16-17,19H,10,12,14-15H2,1-5H3,(H,25,29). The largest absolute Gasteiger partial charge is 0.493 e. The van der Waals surface area contributed by atoms with Gasteiger partial charge in [-0.1, -0.05) is 12.1 Å². The van der Waals surface area contributed by atoms with E-state index in [2.05, 4.69) is 16.8 Å².